The van der Waals surface area contributed by atoms with E-state index in [0.717, 1.165) is 12.1 Å². The molecule has 0 bridgehead atoms. The Morgan fingerprint density at radius 3 is 2.62 bits per heavy atom. The Balaban J connectivity index is 2.30. The summed E-state index contributed by atoms with van der Waals surface area (Å²) in [5, 5.41) is 20.0. The van der Waals surface area contributed by atoms with Crippen LogP contribution in [0, 0.1) is 15.9 Å². The maximum absolute atomic E-state index is 13.0. The highest BCUT2D eigenvalue weighted by molar-refractivity contribution is 5.94. The third kappa shape index (κ3) is 3.33. The number of benzene rings is 2. The Morgan fingerprint density at radius 1 is 1.29 bits per heavy atom. The number of nitro benzene ring substituents is 1. The van der Waals surface area contributed by atoms with Crippen LogP contribution in [0.25, 0.3) is 0 Å². The van der Waals surface area contributed by atoms with Crippen molar-refractivity contribution in [3.63, 3.8) is 0 Å². The zero-order chi connectivity index (χ0) is 15.4. The van der Waals surface area contributed by atoms with Gasteiger partial charge in [-0.1, -0.05) is 18.2 Å². The molecule has 2 aromatic rings. The molecular formula is C14H10FNO5. The number of carboxylic acids is 1. The van der Waals surface area contributed by atoms with E-state index in [2.05, 4.69) is 0 Å². The van der Waals surface area contributed by atoms with Crippen LogP contribution < -0.4 is 4.74 Å². The second-order valence-electron chi connectivity index (χ2n) is 4.12. The van der Waals surface area contributed by atoms with Crippen LogP contribution in [0.3, 0.4) is 0 Å². The molecule has 0 radical (unpaired) electrons. The van der Waals surface area contributed by atoms with Gasteiger partial charge in [0.2, 0.25) is 0 Å². The molecular weight excluding hydrogens is 281 g/mol. The number of carboxylic acid groups (broad SMARTS) is 1. The molecule has 0 aliphatic rings. The van der Waals surface area contributed by atoms with Gasteiger partial charge in [0.1, 0.15) is 23.7 Å². The lowest BCUT2D eigenvalue weighted by Crippen LogP contribution is -2.09. The highest BCUT2D eigenvalue weighted by Crippen LogP contribution is 2.24. The summed E-state index contributed by atoms with van der Waals surface area (Å²) in [5.74, 6) is -1.71. The van der Waals surface area contributed by atoms with Gasteiger partial charge in [0, 0.05) is 17.7 Å². The van der Waals surface area contributed by atoms with Crippen molar-refractivity contribution >= 4 is 11.7 Å². The van der Waals surface area contributed by atoms with Gasteiger partial charge in [-0.15, -0.1) is 0 Å². The van der Waals surface area contributed by atoms with E-state index in [1.54, 1.807) is 0 Å². The second kappa shape index (κ2) is 6.00. The van der Waals surface area contributed by atoms with Gasteiger partial charge in [-0.25, -0.2) is 9.18 Å². The molecule has 7 heteroatoms. The van der Waals surface area contributed by atoms with Crippen LogP contribution in [0.4, 0.5) is 10.1 Å². The summed E-state index contributed by atoms with van der Waals surface area (Å²) in [6, 6.07) is 9.21. The molecule has 0 fully saturated rings. The van der Waals surface area contributed by atoms with Crippen LogP contribution in [-0.2, 0) is 6.61 Å². The Morgan fingerprint density at radius 2 is 2.00 bits per heavy atom. The van der Waals surface area contributed by atoms with Crippen LogP contribution in [0.5, 0.6) is 5.75 Å². The van der Waals surface area contributed by atoms with E-state index in [1.165, 1.54) is 30.3 Å². The molecule has 2 rings (SSSR count). The van der Waals surface area contributed by atoms with Crippen molar-refractivity contribution in [3.05, 3.63) is 69.5 Å². The standard InChI is InChI=1S/C14H10FNO5/c15-10-4-2-5-11(7-10)21-8-9-3-1-6-12(16(19)20)13(9)14(17)18/h1-7H,8H2,(H,17,18). The van der Waals surface area contributed by atoms with E-state index >= 15 is 0 Å². The zero-order valence-electron chi connectivity index (χ0n) is 10.7. The molecule has 0 saturated heterocycles. The molecule has 6 nitrogen and oxygen atoms in total. The van der Waals surface area contributed by atoms with E-state index in [0.29, 0.717) is 0 Å². The number of ether oxygens (including phenoxy) is 1. The second-order valence-corrected chi connectivity index (χ2v) is 4.12. The van der Waals surface area contributed by atoms with Crippen LogP contribution >= 0.6 is 0 Å². The van der Waals surface area contributed by atoms with Crippen molar-refractivity contribution in [2.75, 3.05) is 0 Å². The maximum Gasteiger partial charge on any atom is 0.343 e. The molecule has 21 heavy (non-hydrogen) atoms. The van der Waals surface area contributed by atoms with Crippen LogP contribution in [0.2, 0.25) is 0 Å². The normalized spacial score (nSPS) is 10.1. The first-order valence-electron chi connectivity index (χ1n) is 5.87. The first-order valence-corrected chi connectivity index (χ1v) is 5.87. The van der Waals surface area contributed by atoms with Crippen molar-refractivity contribution in [1.29, 1.82) is 0 Å². The van der Waals surface area contributed by atoms with Gasteiger partial charge >= 0.3 is 5.97 Å². The fraction of sp³-hybridized carbons (Fsp3) is 0.0714. The predicted octanol–water partition coefficient (Wildman–Crippen LogP) is 3.01. The zero-order valence-corrected chi connectivity index (χ0v) is 10.7. The molecule has 1 N–H and O–H groups in total. The molecule has 0 heterocycles. The Bertz CT molecular complexity index is 702. The molecule has 0 aliphatic heterocycles. The number of aromatic carboxylic acids is 1. The van der Waals surface area contributed by atoms with E-state index in [-0.39, 0.29) is 17.9 Å². The topological polar surface area (TPSA) is 89.7 Å². The largest absolute Gasteiger partial charge is 0.489 e. The minimum Gasteiger partial charge on any atom is -0.489 e. The maximum atomic E-state index is 13.0. The molecule has 0 aliphatic carbocycles. The minimum absolute atomic E-state index is 0.140. The van der Waals surface area contributed by atoms with E-state index < -0.39 is 28.0 Å². The highest BCUT2D eigenvalue weighted by atomic mass is 19.1. The summed E-state index contributed by atoms with van der Waals surface area (Å²) in [7, 11) is 0. The fourth-order valence-corrected chi connectivity index (χ4v) is 1.82. The van der Waals surface area contributed by atoms with E-state index in [4.69, 9.17) is 9.84 Å². The molecule has 108 valence electrons. The first-order chi connectivity index (χ1) is 9.99. The van der Waals surface area contributed by atoms with Gasteiger partial charge in [-0.3, -0.25) is 10.1 Å². The van der Waals surface area contributed by atoms with E-state index in [9.17, 15) is 19.3 Å². The average molecular weight is 291 g/mol. The van der Waals surface area contributed by atoms with Crippen molar-refractivity contribution in [1.82, 2.24) is 0 Å². The van der Waals surface area contributed by atoms with Gasteiger partial charge < -0.3 is 9.84 Å². The molecule has 0 saturated carbocycles. The van der Waals surface area contributed by atoms with Gasteiger partial charge in [0.15, 0.2) is 0 Å². The summed E-state index contributed by atoms with van der Waals surface area (Å²) >= 11 is 0. The van der Waals surface area contributed by atoms with Crippen LogP contribution in [0.15, 0.2) is 42.5 Å². The number of hydrogen-bond donors (Lipinski definition) is 1. The summed E-state index contributed by atoms with van der Waals surface area (Å²) in [4.78, 5) is 21.3. The van der Waals surface area contributed by atoms with Gasteiger partial charge in [-0.05, 0) is 12.1 Å². The Kier molecular flexibility index (Phi) is 4.13. The van der Waals surface area contributed by atoms with Crippen molar-refractivity contribution < 1.29 is 24.0 Å². The number of hydrogen-bond acceptors (Lipinski definition) is 4. The number of nitrogens with zero attached hydrogens (tertiary/aromatic N) is 1. The lowest BCUT2D eigenvalue weighted by Gasteiger charge is -2.09. The summed E-state index contributed by atoms with van der Waals surface area (Å²) in [5.41, 5.74) is -0.803. The minimum atomic E-state index is -1.42. The monoisotopic (exact) mass is 291 g/mol. The number of nitro groups is 1. The molecule has 0 amide bonds. The Labute approximate surface area is 118 Å². The van der Waals surface area contributed by atoms with Gasteiger partial charge in [0.25, 0.3) is 5.69 Å². The molecule has 0 aromatic heterocycles. The first kappa shape index (κ1) is 14.4. The lowest BCUT2D eigenvalue weighted by atomic mass is 10.1. The molecule has 0 spiro atoms. The molecule has 0 unspecified atom stereocenters. The third-order valence-corrected chi connectivity index (χ3v) is 2.73. The average Bonchev–Trinajstić information content (AvgIpc) is 2.44. The SMILES string of the molecule is O=C(O)c1c(COc2cccc(F)c2)cccc1[N+](=O)[O-]. The van der Waals surface area contributed by atoms with Crippen molar-refractivity contribution in [2.45, 2.75) is 6.61 Å². The quantitative estimate of drug-likeness (QED) is 0.675. The molecule has 2 aromatic carbocycles. The third-order valence-electron chi connectivity index (χ3n) is 2.73. The Hall–Kier alpha value is -2.96. The van der Waals surface area contributed by atoms with E-state index in [1.807, 2.05) is 0 Å². The number of carbonyl (C=O) groups is 1. The van der Waals surface area contributed by atoms with Crippen LogP contribution in [0.1, 0.15) is 15.9 Å². The van der Waals surface area contributed by atoms with Crippen molar-refractivity contribution in [2.24, 2.45) is 0 Å². The predicted molar refractivity (Wildman–Crippen MR) is 70.8 cm³/mol. The highest BCUT2D eigenvalue weighted by Gasteiger charge is 2.23. The number of rotatable bonds is 5. The summed E-state index contributed by atoms with van der Waals surface area (Å²) < 4.78 is 18.3. The summed E-state index contributed by atoms with van der Waals surface area (Å²) in [6.07, 6.45) is 0. The van der Waals surface area contributed by atoms with Gasteiger partial charge in [-0.2, -0.15) is 0 Å². The smallest absolute Gasteiger partial charge is 0.343 e. The lowest BCUT2D eigenvalue weighted by molar-refractivity contribution is -0.385. The van der Waals surface area contributed by atoms with Crippen molar-refractivity contribution in [3.8, 4) is 5.75 Å². The summed E-state index contributed by atoms with van der Waals surface area (Å²) in [6.45, 7) is -0.216. The van der Waals surface area contributed by atoms with Gasteiger partial charge in [0.05, 0.1) is 4.92 Å². The molecule has 0 atom stereocenters. The van der Waals surface area contributed by atoms with Crippen LogP contribution in [-0.4, -0.2) is 16.0 Å². The fourth-order valence-electron chi connectivity index (χ4n) is 1.82. The number of halogens is 1.